The molecule has 0 spiro atoms. The first-order valence-electron chi connectivity index (χ1n) is 5.05. The lowest BCUT2D eigenvalue weighted by Crippen LogP contribution is -2.00. The number of carboxylic acid groups (broad SMARTS) is 1. The molecule has 0 aliphatic heterocycles. The summed E-state index contributed by atoms with van der Waals surface area (Å²) < 4.78 is 0. The third-order valence-corrected chi connectivity index (χ3v) is 2.84. The number of carboxylic acids is 1. The number of nitrogens with zero attached hydrogens (tertiary/aromatic N) is 1. The number of halogens is 1. The molecule has 0 radical (unpaired) electrons. The van der Waals surface area contributed by atoms with Crippen LogP contribution in [0.2, 0.25) is 5.02 Å². The summed E-state index contributed by atoms with van der Waals surface area (Å²) in [6, 6.07) is 10.4. The van der Waals surface area contributed by atoms with E-state index in [4.69, 9.17) is 16.7 Å². The van der Waals surface area contributed by atoms with E-state index in [1.54, 1.807) is 18.2 Å². The summed E-state index contributed by atoms with van der Waals surface area (Å²) in [6.07, 6.45) is 0. The normalized spacial score (nSPS) is 10.2. The number of carbonyl (C=O) groups is 1. The molecule has 86 valence electrons. The molecule has 2 aromatic rings. The molecule has 0 fully saturated rings. The monoisotopic (exact) mass is 247 g/mol. The summed E-state index contributed by atoms with van der Waals surface area (Å²) in [5.41, 5.74) is 2.42. The van der Waals surface area contributed by atoms with Gasteiger partial charge in [-0.2, -0.15) is 0 Å². The minimum Gasteiger partial charge on any atom is -0.477 e. The second-order valence-corrected chi connectivity index (χ2v) is 4.08. The number of aryl methyl sites for hydroxylation is 1. The van der Waals surface area contributed by atoms with Crippen molar-refractivity contribution in [1.82, 2.24) is 4.98 Å². The maximum Gasteiger partial charge on any atom is 0.354 e. The van der Waals surface area contributed by atoms with Crippen LogP contribution in [0.5, 0.6) is 0 Å². The van der Waals surface area contributed by atoms with Gasteiger partial charge in [-0.05, 0) is 30.7 Å². The van der Waals surface area contributed by atoms with Crippen LogP contribution in [0.15, 0.2) is 36.4 Å². The Morgan fingerprint density at radius 1 is 1.29 bits per heavy atom. The molecule has 17 heavy (non-hydrogen) atoms. The van der Waals surface area contributed by atoms with E-state index in [0.29, 0.717) is 10.7 Å². The van der Waals surface area contributed by atoms with Crippen LogP contribution in [0.1, 0.15) is 16.1 Å². The van der Waals surface area contributed by atoms with Crippen molar-refractivity contribution in [3.8, 4) is 11.3 Å². The predicted octanol–water partition coefficient (Wildman–Crippen LogP) is 3.41. The highest BCUT2D eigenvalue weighted by Crippen LogP contribution is 2.24. The van der Waals surface area contributed by atoms with Gasteiger partial charge in [0.2, 0.25) is 0 Å². The van der Waals surface area contributed by atoms with Gasteiger partial charge < -0.3 is 5.11 Å². The van der Waals surface area contributed by atoms with Crippen molar-refractivity contribution in [2.75, 3.05) is 0 Å². The molecule has 0 saturated heterocycles. The molecule has 1 heterocycles. The predicted molar refractivity (Wildman–Crippen MR) is 66.4 cm³/mol. The highest BCUT2D eigenvalue weighted by molar-refractivity contribution is 6.31. The van der Waals surface area contributed by atoms with Crippen LogP contribution in [0, 0.1) is 6.92 Å². The van der Waals surface area contributed by atoms with E-state index in [1.807, 2.05) is 19.1 Å². The van der Waals surface area contributed by atoms with Gasteiger partial charge in [-0.15, -0.1) is 0 Å². The number of aromatic nitrogens is 1. The molecular weight excluding hydrogens is 238 g/mol. The number of hydrogen-bond donors (Lipinski definition) is 1. The number of aromatic carboxylic acids is 1. The Bertz CT molecular complexity index is 581. The van der Waals surface area contributed by atoms with Crippen LogP contribution in [-0.4, -0.2) is 16.1 Å². The molecule has 0 bridgehead atoms. The Hall–Kier alpha value is -1.87. The molecule has 4 heteroatoms. The molecule has 0 saturated carbocycles. The molecule has 3 nitrogen and oxygen atoms in total. The summed E-state index contributed by atoms with van der Waals surface area (Å²) >= 11 is 6.02. The van der Waals surface area contributed by atoms with Crippen LogP contribution in [-0.2, 0) is 0 Å². The van der Waals surface area contributed by atoms with Crippen LogP contribution >= 0.6 is 11.6 Å². The third-order valence-electron chi connectivity index (χ3n) is 2.44. The van der Waals surface area contributed by atoms with Gasteiger partial charge in [0.25, 0.3) is 0 Å². The van der Waals surface area contributed by atoms with Gasteiger partial charge in [-0.3, -0.25) is 0 Å². The quantitative estimate of drug-likeness (QED) is 0.885. The molecule has 0 atom stereocenters. The Balaban J connectivity index is 2.49. The van der Waals surface area contributed by atoms with Crippen molar-refractivity contribution in [3.05, 3.63) is 52.7 Å². The highest BCUT2D eigenvalue weighted by Gasteiger charge is 2.07. The van der Waals surface area contributed by atoms with Gasteiger partial charge >= 0.3 is 5.97 Å². The second-order valence-electron chi connectivity index (χ2n) is 3.68. The van der Waals surface area contributed by atoms with E-state index in [-0.39, 0.29) is 5.69 Å². The van der Waals surface area contributed by atoms with E-state index >= 15 is 0 Å². The smallest absolute Gasteiger partial charge is 0.354 e. The Morgan fingerprint density at radius 3 is 2.71 bits per heavy atom. The molecule has 1 N–H and O–H groups in total. The number of hydrogen-bond acceptors (Lipinski definition) is 2. The van der Waals surface area contributed by atoms with Gasteiger partial charge in [0.1, 0.15) is 5.69 Å². The van der Waals surface area contributed by atoms with E-state index in [2.05, 4.69) is 4.98 Å². The first-order valence-corrected chi connectivity index (χ1v) is 5.42. The average molecular weight is 248 g/mol. The van der Waals surface area contributed by atoms with Crippen molar-refractivity contribution >= 4 is 17.6 Å². The van der Waals surface area contributed by atoms with Crippen molar-refractivity contribution in [3.63, 3.8) is 0 Å². The largest absolute Gasteiger partial charge is 0.477 e. The lowest BCUT2D eigenvalue weighted by Gasteiger charge is -2.04. The van der Waals surface area contributed by atoms with E-state index in [9.17, 15) is 4.79 Å². The van der Waals surface area contributed by atoms with Gasteiger partial charge in [0.15, 0.2) is 0 Å². The fourth-order valence-electron chi connectivity index (χ4n) is 1.47. The molecular formula is C13H10ClNO2. The Kier molecular flexibility index (Phi) is 3.11. The fourth-order valence-corrected chi connectivity index (χ4v) is 1.65. The molecule has 0 aliphatic rings. The summed E-state index contributed by atoms with van der Waals surface area (Å²) in [6.45, 7) is 1.91. The first kappa shape index (κ1) is 11.6. The summed E-state index contributed by atoms with van der Waals surface area (Å²) in [5.74, 6) is -1.04. The highest BCUT2D eigenvalue weighted by atomic mass is 35.5. The van der Waals surface area contributed by atoms with Crippen LogP contribution in [0.25, 0.3) is 11.3 Å². The van der Waals surface area contributed by atoms with Crippen LogP contribution in [0.3, 0.4) is 0 Å². The summed E-state index contributed by atoms with van der Waals surface area (Å²) in [5, 5.41) is 9.51. The van der Waals surface area contributed by atoms with Gasteiger partial charge in [0, 0.05) is 10.6 Å². The lowest BCUT2D eigenvalue weighted by atomic mass is 10.1. The topological polar surface area (TPSA) is 50.2 Å². The van der Waals surface area contributed by atoms with Crippen molar-refractivity contribution < 1.29 is 9.90 Å². The number of benzene rings is 1. The molecule has 0 unspecified atom stereocenters. The number of pyridine rings is 1. The van der Waals surface area contributed by atoms with Crippen LogP contribution in [0.4, 0.5) is 0 Å². The second kappa shape index (κ2) is 4.55. The van der Waals surface area contributed by atoms with E-state index in [1.165, 1.54) is 6.07 Å². The molecule has 2 rings (SSSR count). The zero-order chi connectivity index (χ0) is 12.4. The average Bonchev–Trinajstić information content (AvgIpc) is 2.33. The van der Waals surface area contributed by atoms with Crippen LogP contribution < -0.4 is 0 Å². The zero-order valence-corrected chi connectivity index (χ0v) is 9.90. The fraction of sp³-hybridized carbons (Fsp3) is 0.0769. The summed E-state index contributed by atoms with van der Waals surface area (Å²) in [4.78, 5) is 14.9. The van der Waals surface area contributed by atoms with E-state index in [0.717, 1.165) is 11.1 Å². The first-order chi connectivity index (χ1) is 8.08. The maximum atomic E-state index is 10.8. The van der Waals surface area contributed by atoms with E-state index < -0.39 is 5.97 Å². The SMILES string of the molecule is Cc1ccc(-c2cccc(C(=O)O)n2)cc1Cl. The van der Waals surface area contributed by atoms with Gasteiger partial charge in [0.05, 0.1) is 5.69 Å². The minimum atomic E-state index is -1.04. The van der Waals surface area contributed by atoms with Crippen molar-refractivity contribution in [1.29, 1.82) is 0 Å². The van der Waals surface area contributed by atoms with Gasteiger partial charge in [-0.1, -0.05) is 29.8 Å². The lowest BCUT2D eigenvalue weighted by molar-refractivity contribution is 0.0690. The standard InChI is InChI=1S/C13H10ClNO2/c1-8-5-6-9(7-10(8)14)11-3-2-4-12(15-11)13(16)17/h2-7H,1H3,(H,16,17). The molecule has 0 aliphatic carbocycles. The molecule has 1 aromatic carbocycles. The number of rotatable bonds is 2. The zero-order valence-electron chi connectivity index (χ0n) is 9.14. The van der Waals surface area contributed by atoms with Gasteiger partial charge in [-0.25, -0.2) is 9.78 Å². The maximum absolute atomic E-state index is 10.8. The molecule has 0 amide bonds. The minimum absolute atomic E-state index is 0.0270. The third kappa shape index (κ3) is 2.45. The van der Waals surface area contributed by atoms with Crippen molar-refractivity contribution in [2.45, 2.75) is 6.92 Å². The summed E-state index contributed by atoms with van der Waals surface area (Å²) in [7, 11) is 0. The Labute approximate surface area is 104 Å². The molecule has 1 aromatic heterocycles. The Morgan fingerprint density at radius 2 is 2.06 bits per heavy atom. The van der Waals surface area contributed by atoms with Crippen molar-refractivity contribution in [2.24, 2.45) is 0 Å².